The monoisotopic (exact) mass is 248 g/mol. The van der Waals surface area contributed by atoms with Gasteiger partial charge in [-0.2, -0.15) is 5.10 Å². The fraction of sp³-hybridized carbons (Fsp3) is 0.333. The second kappa shape index (κ2) is 4.95. The first-order chi connectivity index (χ1) is 8.61. The van der Waals surface area contributed by atoms with E-state index in [-0.39, 0.29) is 11.6 Å². The number of nitrogen functional groups attached to an aromatic ring is 1. The molecule has 0 aliphatic heterocycles. The van der Waals surface area contributed by atoms with Crippen LogP contribution in [0.15, 0.2) is 29.0 Å². The van der Waals surface area contributed by atoms with Crippen LogP contribution in [0.1, 0.15) is 23.2 Å². The summed E-state index contributed by atoms with van der Waals surface area (Å²) in [7, 11) is 1.69. The number of rotatable bonds is 4. The van der Waals surface area contributed by atoms with Gasteiger partial charge in [0.05, 0.1) is 18.5 Å². The summed E-state index contributed by atoms with van der Waals surface area (Å²) in [6, 6.07) is 3.60. The summed E-state index contributed by atoms with van der Waals surface area (Å²) < 4.78 is 6.84. The zero-order chi connectivity index (χ0) is 13.1. The van der Waals surface area contributed by atoms with Crippen molar-refractivity contribution in [2.45, 2.75) is 20.0 Å². The first-order valence-electron chi connectivity index (χ1n) is 5.72. The van der Waals surface area contributed by atoms with Crippen molar-refractivity contribution >= 4 is 11.6 Å². The second-order valence-electron chi connectivity index (χ2n) is 4.03. The topological polar surface area (TPSA) is 77.3 Å². The Bertz CT molecular complexity index is 530. The van der Waals surface area contributed by atoms with Crippen LogP contribution in [0, 0.1) is 0 Å². The number of amides is 1. The summed E-state index contributed by atoms with van der Waals surface area (Å²) in [5.74, 6) is 0.510. The molecule has 0 bridgehead atoms. The summed E-state index contributed by atoms with van der Waals surface area (Å²) in [5, 5.41) is 4.15. The minimum absolute atomic E-state index is 0.212. The smallest absolute Gasteiger partial charge is 0.276 e. The average Bonchev–Trinajstić information content (AvgIpc) is 2.97. The maximum absolute atomic E-state index is 12.1. The molecule has 2 aromatic heterocycles. The molecular formula is C12H16N4O2. The Labute approximate surface area is 105 Å². The molecule has 96 valence electrons. The number of nitrogens with zero attached hydrogens (tertiary/aromatic N) is 3. The quantitative estimate of drug-likeness (QED) is 0.886. The molecule has 0 saturated heterocycles. The van der Waals surface area contributed by atoms with E-state index in [1.54, 1.807) is 30.3 Å². The highest BCUT2D eigenvalue weighted by Crippen LogP contribution is 2.13. The lowest BCUT2D eigenvalue weighted by Gasteiger charge is -2.14. The van der Waals surface area contributed by atoms with Gasteiger partial charge in [-0.15, -0.1) is 0 Å². The molecule has 6 nitrogen and oxygen atoms in total. The van der Waals surface area contributed by atoms with Gasteiger partial charge in [0.2, 0.25) is 0 Å². The predicted molar refractivity (Wildman–Crippen MR) is 66.8 cm³/mol. The van der Waals surface area contributed by atoms with Gasteiger partial charge in [-0.05, 0) is 19.1 Å². The molecule has 2 N–H and O–H groups in total. The van der Waals surface area contributed by atoms with Crippen LogP contribution >= 0.6 is 0 Å². The molecule has 0 atom stereocenters. The molecule has 18 heavy (non-hydrogen) atoms. The van der Waals surface area contributed by atoms with Crippen LogP contribution < -0.4 is 5.73 Å². The van der Waals surface area contributed by atoms with Crippen LogP contribution in [0.3, 0.4) is 0 Å². The summed E-state index contributed by atoms with van der Waals surface area (Å²) in [4.78, 5) is 13.7. The highest BCUT2D eigenvalue weighted by atomic mass is 16.3. The summed E-state index contributed by atoms with van der Waals surface area (Å²) >= 11 is 0. The fourth-order valence-electron chi connectivity index (χ4n) is 1.65. The third-order valence-corrected chi connectivity index (χ3v) is 2.64. The number of carbonyl (C=O) groups is 1. The van der Waals surface area contributed by atoms with Gasteiger partial charge in [-0.3, -0.25) is 9.48 Å². The maximum atomic E-state index is 12.1. The van der Waals surface area contributed by atoms with Crippen LogP contribution in [0.4, 0.5) is 5.69 Å². The van der Waals surface area contributed by atoms with E-state index in [4.69, 9.17) is 10.2 Å². The average molecular weight is 248 g/mol. The van der Waals surface area contributed by atoms with Crippen molar-refractivity contribution in [2.75, 3.05) is 12.8 Å². The number of anilines is 1. The standard InChI is InChI=1S/C12H16N4O2/c1-3-16-8-10(13)11(14-16)12(17)15(2)7-9-5-4-6-18-9/h4-6,8H,3,7,13H2,1-2H3. The van der Waals surface area contributed by atoms with Crippen LogP contribution in [-0.2, 0) is 13.1 Å². The Kier molecular flexibility index (Phi) is 3.36. The SMILES string of the molecule is CCn1cc(N)c(C(=O)N(C)Cc2ccco2)n1. The summed E-state index contributed by atoms with van der Waals surface area (Å²) in [6.07, 6.45) is 3.24. The highest BCUT2D eigenvalue weighted by molar-refractivity contribution is 5.96. The second-order valence-corrected chi connectivity index (χ2v) is 4.03. The predicted octanol–water partition coefficient (Wildman–Crippen LogP) is 1.35. The molecule has 0 aliphatic carbocycles. The molecule has 2 aromatic rings. The zero-order valence-corrected chi connectivity index (χ0v) is 10.5. The molecule has 2 heterocycles. The number of aryl methyl sites for hydroxylation is 1. The van der Waals surface area contributed by atoms with E-state index in [0.717, 1.165) is 5.76 Å². The highest BCUT2D eigenvalue weighted by Gasteiger charge is 2.19. The van der Waals surface area contributed by atoms with Crippen LogP contribution in [0.5, 0.6) is 0 Å². The Hall–Kier alpha value is -2.24. The van der Waals surface area contributed by atoms with Crippen molar-refractivity contribution in [1.82, 2.24) is 14.7 Å². The molecule has 1 amide bonds. The maximum Gasteiger partial charge on any atom is 0.276 e. The summed E-state index contributed by atoms with van der Waals surface area (Å²) in [5.41, 5.74) is 6.45. The lowest BCUT2D eigenvalue weighted by molar-refractivity contribution is 0.0769. The Morgan fingerprint density at radius 2 is 2.39 bits per heavy atom. The molecule has 0 saturated carbocycles. The van der Waals surface area contributed by atoms with Gasteiger partial charge in [-0.25, -0.2) is 0 Å². The first-order valence-corrected chi connectivity index (χ1v) is 5.72. The van der Waals surface area contributed by atoms with Crippen molar-refractivity contribution in [3.05, 3.63) is 36.0 Å². The normalized spacial score (nSPS) is 10.6. The minimum Gasteiger partial charge on any atom is -0.467 e. The van der Waals surface area contributed by atoms with E-state index in [1.807, 2.05) is 13.0 Å². The number of nitrogens with two attached hydrogens (primary N) is 1. The lowest BCUT2D eigenvalue weighted by atomic mass is 10.3. The Morgan fingerprint density at radius 1 is 1.61 bits per heavy atom. The van der Waals surface area contributed by atoms with E-state index in [2.05, 4.69) is 5.10 Å². The van der Waals surface area contributed by atoms with Gasteiger partial charge in [0.15, 0.2) is 5.69 Å². The number of furan rings is 1. The Morgan fingerprint density at radius 3 is 2.94 bits per heavy atom. The molecule has 0 aliphatic rings. The van der Waals surface area contributed by atoms with Gasteiger partial charge >= 0.3 is 0 Å². The van der Waals surface area contributed by atoms with E-state index in [1.165, 1.54) is 4.90 Å². The molecule has 6 heteroatoms. The zero-order valence-electron chi connectivity index (χ0n) is 10.5. The Balaban J connectivity index is 2.12. The van der Waals surface area contributed by atoms with Crippen molar-refractivity contribution in [2.24, 2.45) is 0 Å². The van der Waals surface area contributed by atoms with Gasteiger partial charge < -0.3 is 15.1 Å². The van der Waals surface area contributed by atoms with E-state index < -0.39 is 0 Å². The number of hydrogen-bond acceptors (Lipinski definition) is 4. The number of carbonyl (C=O) groups excluding carboxylic acids is 1. The molecule has 0 radical (unpaired) electrons. The van der Waals surface area contributed by atoms with Crippen LogP contribution in [-0.4, -0.2) is 27.6 Å². The van der Waals surface area contributed by atoms with Crippen molar-refractivity contribution in [3.8, 4) is 0 Å². The third-order valence-electron chi connectivity index (χ3n) is 2.64. The van der Waals surface area contributed by atoms with Gasteiger partial charge in [0.1, 0.15) is 5.76 Å². The summed E-state index contributed by atoms with van der Waals surface area (Å²) in [6.45, 7) is 3.01. The number of aromatic nitrogens is 2. The molecule has 0 fully saturated rings. The molecular weight excluding hydrogens is 232 g/mol. The van der Waals surface area contributed by atoms with Crippen molar-refractivity contribution in [1.29, 1.82) is 0 Å². The first kappa shape index (κ1) is 12.2. The van der Waals surface area contributed by atoms with E-state index in [9.17, 15) is 4.79 Å². The van der Waals surface area contributed by atoms with Crippen LogP contribution in [0.2, 0.25) is 0 Å². The molecule has 0 unspecified atom stereocenters. The molecule has 0 spiro atoms. The molecule has 0 aromatic carbocycles. The van der Waals surface area contributed by atoms with Gasteiger partial charge in [0, 0.05) is 19.8 Å². The third kappa shape index (κ3) is 2.37. The van der Waals surface area contributed by atoms with Crippen LogP contribution in [0.25, 0.3) is 0 Å². The molecule has 2 rings (SSSR count). The minimum atomic E-state index is -0.212. The largest absolute Gasteiger partial charge is 0.467 e. The fourth-order valence-corrected chi connectivity index (χ4v) is 1.65. The van der Waals surface area contributed by atoms with Crippen molar-refractivity contribution in [3.63, 3.8) is 0 Å². The van der Waals surface area contributed by atoms with E-state index in [0.29, 0.717) is 18.8 Å². The van der Waals surface area contributed by atoms with Gasteiger partial charge in [0.25, 0.3) is 5.91 Å². The van der Waals surface area contributed by atoms with Gasteiger partial charge in [-0.1, -0.05) is 0 Å². The number of hydrogen-bond donors (Lipinski definition) is 1. The van der Waals surface area contributed by atoms with Crippen molar-refractivity contribution < 1.29 is 9.21 Å². The lowest BCUT2D eigenvalue weighted by Crippen LogP contribution is -2.27. The van der Waals surface area contributed by atoms with E-state index >= 15 is 0 Å².